The van der Waals surface area contributed by atoms with Crippen LogP contribution in [0.4, 0.5) is 0 Å². The highest BCUT2D eigenvalue weighted by atomic mass is 32.2. The van der Waals surface area contributed by atoms with Crippen LogP contribution >= 0.6 is 11.8 Å². The van der Waals surface area contributed by atoms with Crippen molar-refractivity contribution in [2.45, 2.75) is 25.3 Å². The standard InChI is InChI=1S/C16H22N4O2S/c1-11-5-7-12(8-6-11)15(20(2)3)16(21)17-9-14-18-13(10-23-4)19-22-14/h5-8,15H,9-10H2,1-4H3,(H,17,21). The number of benzene rings is 1. The van der Waals surface area contributed by atoms with Gasteiger partial charge in [-0.25, -0.2) is 0 Å². The number of aromatic nitrogens is 2. The summed E-state index contributed by atoms with van der Waals surface area (Å²) < 4.78 is 5.13. The minimum Gasteiger partial charge on any atom is -0.345 e. The number of nitrogens with one attached hydrogen (secondary N) is 1. The van der Waals surface area contributed by atoms with E-state index in [1.165, 1.54) is 5.56 Å². The average Bonchev–Trinajstić information content (AvgIpc) is 2.95. The number of thioether (sulfide) groups is 1. The summed E-state index contributed by atoms with van der Waals surface area (Å²) in [5, 5.41) is 6.73. The quantitative estimate of drug-likeness (QED) is 0.837. The van der Waals surface area contributed by atoms with Crippen molar-refractivity contribution < 1.29 is 9.32 Å². The zero-order chi connectivity index (χ0) is 16.8. The fourth-order valence-corrected chi connectivity index (χ4v) is 2.62. The molecule has 1 N–H and O–H groups in total. The van der Waals surface area contributed by atoms with Gasteiger partial charge in [0.15, 0.2) is 5.82 Å². The number of nitrogens with zero attached hydrogens (tertiary/aromatic N) is 3. The van der Waals surface area contributed by atoms with Crippen molar-refractivity contribution in [1.82, 2.24) is 20.4 Å². The van der Waals surface area contributed by atoms with E-state index in [9.17, 15) is 4.79 Å². The molecule has 0 saturated heterocycles. The molecule has 1 heterocycles. The van der Waals surface area contributed by atoms with Gasteiger partial charge in [0.2, 0.25) is 11.8 Å². The van der Waals surface area contributed by atoms with Gasteiger partial charge in [0.05, 0.1) is 12.3 Å². The van der Waals surface area contributed by atoms with Gasteiger partial charge in [-0.2, -0.15) is 16.7 Å². The molecule has 0 saturated carbocycles. The molecule has 0 aliphatic heterocycles. The maximum atomic E-state index is 12.5. The second kappa shape index (κ2) is 8.12. The van der Waals surface area contributed by atoms with Crippen LogP contribution < -0.4 is 5.32 Å². The summed E-state index contributed by atoms with van der Waals surface area (Å²) in [6.07, 6.45) is 1.97. The molecule has 1 aromatic heterocycles. The van der Waals surface area contributed by atoms with E-state index in [4.69, 9.17) is 4.52 Å². The fraction of sp³-hybridized carbons (Fsp3) is 0.438. The third-order valence-corrected chi connectivity index (χ3v) is 3.90. The number of hydrogen-bond acceptors (Lipinski definition) is 6. The monoisotopic (exact) mass is 334 g/mol. The molecule has 0 bridgehead atoms. The molecule has 23 heavy (non-hydrogen) atoms. The molecular weight excluding hydrogens is 312 g/mol. The number of rotatable bonds is 7. The summed E-state index contributed by atoms with van der Waals surface area (Å²) in [4.78, 5) is 18.6. The van der Waals surface area contributed by atoms with Gasteiger partial charge in [0.1, 0.15) is 6.04 Å². The van der Waals surface area contributed by atoms with Crippen molar-refractivity contribution in [2.75, 3.05) is 20.4 Å². The Bertz CT molecular complexity index is 640. The summed E-state index contributed by atoms with van der Waals surface area (Å²) in [5.41, 5.74) is 2.12. The van der Waals surface area contributed by atoms with E-state index in [-0.39, 0.29) is 18.5 Å². The lowest BCUT2D eigenvalue weighted by Gasteiger charge is -2.23. The van der Waals surface area contributed by atoms with E-state index in [2.05, 4.69) is 15.5 Å². The number of amides is 1. The van der Waals surface area contributed by atoms with Crippen LogP contribution in [0.25, 0.3) is 0 Å². The summed E-state index contributed by atoms with van der Waals surface area (Å²) in [6.45, 7) is 2.26. The predicted octanol–water partition coefficient (Wildman–Crippen LogP) is 2.16. The molecule has 124 valence electrons. The molecule has 2 rings (SSSR count). The first-order valence-electron chi connectivity index (χ1n) is 7.32. The maximum Gasteiger partial charge on any atom is 0.246 e. The highest BCUT2D eigenvalue weighted by Crippen LogP contribution is 2.19. The molecule has 1 unspecified atom stereocenters. The van der Waals surface area contributed by atoms with Gasteiger partial charge in [0.25, 0.3) is 0 Å². The molecule has 1 aromatic carbocycles. The van der Waals surface area contributed by atoms with Gasteiger partial charge in [-0.3, -0.25) is 9.69 Å². The molecule has 1 amide bonds. The fourth-order valence-electron chi connectivity index (χ4n) is 2.24. The normalized spacial score (nSPS) is 12.4. The Morgan fingerprint density at radius 2 is 2.04 bits per heavy atom. The maximum absolute atomic E-state index is 12.5. The molecule has 0 aliphatic rings. The van der Waals surface area contributed by atoms with Crippen LogP contribution in [0.1, 0.15) is 28.9 Å². The van der Waals surface area contributed by atoms with Crippen molar-refractivity contribution in [2.24, 2.45) is 0 Å². The largest absolute Gasteiger partial charge is 0.345 e. The van der Waals surface area contributed by atoms with Crippen molar-refractivity contribution >= 4 is 17.7 Å². The van der Waals surface area contributed by atoms with Gasteiger partial charge in [-0.05, 0) is 32.8 Å². The van der Waals surface area contributed by atoms with Gasteiger partial charge in [-0.15, -0.1) is 0 Å². The Labute approximate surface area is 140 Å². The molecular formula is C16H22N4O2S. The molecule has 7 heteroatoms. The summed E-state index contributed by atoms with van der Waals surface area (Å²) >= 11 is 1.62. The van der Waals surface area contributed by atoms with Gasteiger partial charge in [-0.1, -0.05) is 35.0 Å². The predicted molar refractivity (Wildman–Crippen MR) is 91.0 cm³/mol. The topological polar surface area (TPSA) is 71.3 Å². The van der Waals surface area contributed by atoms with Crippen LogP contribution in [0, 0.1) is 6.92 Å². The van der Waals surface area contributed by atoms with Crippen LogP contribution in [0.15, 0.2) is 28.8 Å². The number of hydrogen-bond donors (Lipinski definition) is 1. The number of likely N-dealkylation sites (N-methyl/N-ethyl adjacent to an activating group) is 1. The van der Waals surface area contributed by atoms with Crippen LogP contribution in [0.2, 0.25) is 0 Å². The first-order chi connectivity index (χ1) is 11.0. The van der Waals surface area contributed by atoms with Crippen molar-refractivity contribution in [1.29, 1.82) is 0 Å². The Kier molecular flexibility index (Phi) is 6.18. The van der Waals surface area contributed by atoms with E-state index in [0.717, 1.165) is 5.56 Å². The Hall–Kier alpha value is -1.86. The minimum absolute atomic E-state index is 0.0940. The molecule has 0 spiro atoms. The van der Waals surface area contributed by atoms with E-state index in [1.54, 1.807) is 11.8 Å². The van der Waals surface area contributed by atoms with E-state index >= 15 is 0 Å². The van der Waals surface area contributed by atoms with Crippen LogP contribution in [0.3, 0.4) is 0 Å². The first-order valence-corrected chi connectivity index (χ1v) is 8.71. The van der Waals surface area contributed by atoms with Crippen LogP contribution in [-0.4, -0.2) is 41.3 Å². The Morgan fingerprint density at radius 1 is 1.35 bits per heavy atom. The van der Waals surface area contributed by atoms with E-state index in [1.807, 2.05) is 56.4 Å². The SMILES string of the molecule is CSCc1noc(CNC(=O)C(c2ccc(C)cc2)N(C)C)n1. The molecule has 2 aromatic rings. The third kappa shape index (κ3) is 4.80. The molecule has 0 aliphatic carbocycles. The Morgan fingerprint density at radius 3 is 2.65 bits per heavy atom. The Balaban J connectivity index is 2.02. The number of aryl methyl sites for hydroxylation is 1. The third-order valence-electron chi connectivity index (χ3n) is 3.36. The minimum atomic E-state index is -0.357. The van der Waals surface area contributed by atoms with Crippen molar-refractivity contribution in [3.05, 3.63) is 47.1 Å². The molecule has 1 atom stereocenters. The summed E-state index contributed by atoms with van der Waals surface area (Å²) in [7, 11) is 3.76. The highest BCUT2D eigenvalue weighted by Gasteiger charge is 2.23. The van der Waals surface area contributed by atoms with Crippen LogP contribution in [-0.2, 0) is 17.1 Å². The lowest BCUT2D eigenvalue weighted by atomic mass is 10.0. The first kappa shape index (κ1) is 17.5. The molecule has 0 radical (unpaired) electrons. The summed E-state index contributed by atoms with van der Waals surface area (Å²) in [5.74, 6) is 1.66. The average molecular weight is 334 g/mol. The lowest BCUT2D eigenvalue weighted by molar-refractivity contribution is -0.126. The van der Waals surface area contributed by atoms with Crippen molar-refractivity contribution in [3.63, 3.8) is 0 Å². The van der Waals surface area contributed by atoms with Gasteiger partial charge in [0, 0.05) is 0 Å². The van der Waals surface area contributed by atoms with E-state index in [0.29, 0.717) is 17.5 Å². The second-order valence-corrected chi connectivity index (χ2v) is 6.40. The zero-order valence-electron chi connectivity index (χ0n) is 13.9. The lowest BCUT2D eigenvalue weighted by Crippen LogP contribution is -2.36. The van der Waals surface area contributed by atoms with Crippen molar-refractivity contribution in [3.8, 4) is 0 Å². The van der Waals surface area contributed by atoms with Gasteiger partial charge >= 0.3 is 0 Å². The smallest absolute Gasteiger partial charge is 0.246 e. The number of carbonyl (C=O) groups is 1. The molecule has 0 fully saturated rings. The van der Waals surface area contributed by atoms with E-state index < -0.39 is 0 Å². The highest BCUT2D eigenvalue weighted by molar-refractivity contribution is 7.97. The second-order valence-electron chi connectivity index (χ2n) is 5.53. The number of carbonyl (C=O) groups excluding carboxylic acids is 1. The summed E-state index contributed by atoms with van der Waals surface area (Å²) in [6, 6.07) is 7.60. The van der Waals surface area contributed by atoms with Gasteiger partial charge < -0.3 is 9.84 Å². The zero-order valence-corrected chi connectivity index (χ0v) is 14.7. The van der Waals surface area contributed by atoms with Crippen LogP contribution in [0.5, 0.6) is 0 Å². The molecule has 6 nitrogen and oxygen atoms in total.